The number of aromatic amines is 1. The summed E-state index contributed by atoms with van der Waals surface area (Å²) in [6.07, 6.45) is 0. The number of H-pyrrole nitrogens is 1. The smallest absolute Gasteiger partial charge is 0.243 e. The first-order chi connectivity index (χ1) is 8.66. The van der Waals surface area contributed by atoms with Crippen LogP contribution < -0.4 is 10.6 Å². The fourth-order valence-corrected chi connectivity index (χ4v) is 1.66. The fourth-order valence-electron chi connectivity index (χ4n) is 1.66. The highest BCUT2D eigenvalue weighted by Crippen LogP contribution is 2.15. The number of nitrogens with one attached hydrogen (secondary N) is 3. The van der Waals surface area contributed by atoms with E-state index in [1.54, 1.807) is 0 Å². The minimum absolute atomic E-state index is 0.0912. The van der Waals surface area contributed by atoms with Gasteiger partial charge in [-0.25, -0.2) is 0 Å². The first-order valence-corrected chi connectivity index (χ1v) is 5.77. The zero-order valence-electron chi connectivity index (χ0n) is 10.4. The molecule has 0 unspecified atom stereocenters. The Morgan fingerprint density at radius 1 is 1.28 bits per heavy atom. The van der Waals surface area contributed by atoms with Gasteiger partial charge in [0.25, 0.3) is 0 Å². The lowest BCUT2D eigenvalue weighted by Gasteiger charge is -2.07. The maximum absolute atomic E-state index is 11.8. The Bertz CT molecular complexity index is 514. The van der Waals surface area contributed by atoms with Crippen molar-refractivity contribution in [1.82, 2.24) is 10.2 Å². The van der Waals surface area contributed by atoms with Crippen LogP contribution in [0, 0.1) is 13.8 Å². The van der Waals surface area contributed by atoms with Gasteiger partial charge >= 0.3 is 0 Å². The summed E-state index contributed by atoms with van der Waals surface area (Å²) in [6, 6.07) is 9.61. The number of benzene rings is 1. The van der Waals surface area contributed by atoms with Crippen molar-refractivity contribution < 1.29 is 4.79 Å². The lowest BCUT2D eigenvalue weighted by molar-refractivity contribution is -0.114. The molecule has 2 aromatic rings. The summed E-state index contributed by atoms with van der Waals surface area (Å²) in [4.78, 5) is 11.8. The Hall–Kier alpha value is -2.30. The summed E-state index contributed by atoms with van der Waals surface area (Å²) < 4.78 is 0. The van der Waals surface area contributed by atoms with Crippen molar-refractivity contribution in [1.29, 1.82) is 0 Å². The standard InChI is InChI=1S/C13H16N4O/c1-9-13(10(2)17-16-9)15-12(18)8-14-11-6-4-3-5-7-11/h3-7,14H,8H2,1-2H3,(H,15,18)(H,16,17). The van der Waals surface area contributed by atoms with Crippen LogP contribution in [0.15, 0.2) is 30.3 Å². The summed E-state index contributed by atoms with van der Waals surface area (Å²) >= 11 is 0. The molecule has 0 fully saturated rings. The molecule has 0 aliphatic heterocycles. The van der Waals surface area contributed by atoms with Gasteiger partial charge in [0.05, 0.1) is 23.6 Å². The van der Waals surface area contributed by atoms with Gasteiger partial charge in [-0.1, -0.05) is 18.2 Å². The van der Waals surface area contributed by atoms with Crippen molar-refractivity contribution >= 4 is 17.3 Å². The molecule has 0 aliphatic rings. The number of hydrogen-bond donors (Lipinski definition) is 3. The second kappa shape index (κ2) is 5.35. The molecule has 1 aromatic heterocycles. The Balaban J connectivity index is 1.90. The molecule has 0 atom stereocenters. The number of nitrogens with zero attached hydrogens (tertiary/aromatic N) is 1. The largest absolute Gasteiger partial charge is 0.376 e. The van der Waals surface area contributed by atoms with Crippen LogP contribution in [-0.4, -0.2) is 22.6 Å². The molecule has 5 heteroatoms. The summed E-state index contributed by atoms with van der Waals surface area (Å²) in [7, 11) is 0. The van der Waals surface area contributed by atoms with E-state index in [9.17, 15) is 4.79 Å². The maximum atomic E-state index is 11.8. The van der Waals surface area contributed by atoms with E-state index >= 15 is 0 Å². The quantitative estimate of drug-likeness (QED) is 0.771. The number of carbonyl (C=O) groups is 1. The summed E-state index contributed by atoms with van der Waals surface area (Å²) in [5.74, 6) is -0.0912. The number of rotatable bonds is 4. The van der Waals surface area contributed by atoms with E-state index in [1.165, 1.54) is 0 Å². The third-order valence-corrected chi connectivity index (χ3v) is 2.62. The third-order valence-electron chi connectivity index (χ3n) is 2.62. The van der Waals surface area contributed by atoms with Crippen LogP contribution in [0.5, 0.6) is 0 Å². The van der Waals surface area contributed by atoms with Gasteiger partial charge < -0.3 is 10.6 Å². The molecule has 3 N–H and O–H groups in total. The van der Waals surface area contributed by atoms with Gasteiger partial charge in [0.15, 0.2) is 0 Å². The molecule has 2 rings (SSSR count). The normalized spacial score (nSPS) is 10.1. The highest BCUT2D eigenvalue weighted by atomic mass is 16.1. The van der Waals surface area contributed by atoms with Crippen LogP contribution in [0.1, 0.15) is 11.4 Å². The molecule has 1 amide bonds. The number of aromatic nitrogens is 2. The van der Waals surface area contributed by atoms with Gasteiger partial charge in [0, 0.05) is 5.69 Å². The van der Waals surface area contributed by atoms with Gasteiger partial charge in [0.1, 0.15) is 0 Å². The van der Waals surface area contributed by atoms with Gasteiger partial charge in [0.2, 0.25) is 5.91 Å². The molecule has 0 bridgehead atoms. The minimum Gasteiger partial charge on any atom is -0.376 e. The highest BCUT2D eigenvalue weighted by Gasteiger charge is 2.09. The average molecular weight is 244 g/mol. The molecule has 94 valence electrons. The van der Waals surface area contributed by atoms with Crippen molar-refractivity contribution in [2.75, 3.05) is 17.2 Å². The minimum atomic E-state index is -0.0912. The molecule has 5 nitrogen and oxygen atoms in total. The number of amides is 1. The van der Waals surface area contributed by atoms with Crippen molar-refractivity contribution in [2.45, 2.75) is 13.8 Å². The van der Waals surface area contributed by atoms with Crippen molar-refractivity contribution in [3.8, 4) is 0 Å². The lowest BCUT2D eigenvalue weighted by Crippen LogP contribution is -2.22. The van der Waals surface area contributed by atoms with E-state index in [0.717, 1.165) is 22.8 Å². The molecule has 1 aromatic carbocycles. The Morgan fingerprint density at radius 2 is 2.00 bits per heavy atom. The second-order valence-electron chi connectivity index (χ2n) is 4.08. The summed E-state index contributed by atoms with van der Waals surface area (Å²) in [5, 5.41) is 12.7. The fraction of sp³-hybridized carbons (Fsp3) is 0.231. The van der Waals surface area contributed by atoms with E-state index < -0.39 is 0 Å². The second-order valence-corrected chi connectivity index (χ2v) is 4.08. The summed E-state index contributed by atoms with van der Waals surface area (Å²) in [6.45, 7) is 3.96. The molecule has 1 heterocycles. The molecular formula is C13H16N4O. The molecule has 0 aliphatic carbocycles. The maximum Gasteiger partial charge on any atom is 0.243 e. The van der Waals surface area contributed by atoms with Gasteiger partial charge in [-0.3, -0.25) is 9.89 Å². The first kappa shape index (κ1) is 12.2. The molecule has 0 radical (unpaired) electrons. The average Bonchev–Trinajstić information content (AvgIpc) is 2.69. The van der Waals surface area contributed by atoms with Crippen LogP contribution in [0.4, 0.5) is 11.4 Å². The van der Waals surface area contributed by atoms with Gasteiger partial charge in [-0.2, -0.15) is 5.10 Å². The van der Waals surface area contributed by atoms with Crippen LogP contribution in [0.2, 0.25) is 0 Å². The number of para-hydroxylation sites is 1. The van der Waals surface area contributed by atoms with E-state index in [-0.39, 0.29) is 12.5 Å². The molecule has 18 heavy (non-hydrogen) atoms. The predicted molar refractivity (Wildman–Crippen MR) is 71.6 cm³/mol. The van der Waals surface area contributed by atoms with Crippen molar-refractivity contribution in [2.24, 2.45) is 0 Å². The number of carbonyl (C=O) groups excluding carboxylic acids is 1. The molecule has 0 saturated heterocycles. The van der Waals surface area contributed by atoms with Crippen molar-refractivity contribution in [3.63, 3.8) is 0 Å². The highest BCUT2D eigenvalue weighted by molar-refractivity contribution is 5.94. The van der Waals surface area contributed by atoms with Gasteiger partial charge in [-0.05, 0) is 26.0 Å². The molecule has 0 saturated carbocycles. The Kier molecular flexibility index (Phi) is 3.62. The van der Waals surface area contributed by atoms with Crippen molar-refractivity contribution in [3.05, 3.63) is 41.7 Å². The monoisotopic (exact) mass is 244 g/mol. The zero-order chi connectivity index (χ0) is 13.0. The number of hydrogen-bond acceptors (Lipinski definition) is 3. The third kappa shape index (κ3) is 2.88. The number of anilines is 2. The van der Waals surface area contributed by atoms with Crippen LogP contribution in [0.3, 0.4) is 0 Å². The molecular weight excluding hydrogens is 228 g/mol. The van der Waals surface area contributed by atoms with E-state index in [4.69, 9.17) is 0 Å². The summed E-state index contributed by atoms with van der Waals surface area (Å²) in [5.41, 5.74) is 3.34. The van der Waals surface area contributed by atoms with E-state index in [2.05, 4.69) is 20.8 Å². The number of aryl methyl sites for hydroxylation is 2. The molecule has 0 spiro atoms. The van der Waals surface area contributed by atoms with E-state index in [1.807, 2.05) is 44.2 Å². The SMILES string of the molecule is Cc1n[nH]c(C)c1NC(=O)CNc1ccccc1. The Labute approximate surface area is 106 Å². The van der Waals surface area contributed by atoms with Crippen LogP contribution >= 0.6 is 0 Å². The van der Waals surface area contributed by atoms with Gasteiger partial charge in [-0.15, -0.1) is 0 Å². The Morgan fingerprint density at radius 3 is 2.61 bits per heavy atom. The topological polar surface area (TPSA) is 69.8 Å². The lowest BCUT2D eigenvalue weighted by atomic mass is 10.3. The van der Waals surface area contributed by atoms with Crippen LogP contribution in [-0.2, 0) is 4.79 Å². The van der Waals surface area contributed by atoms with Crippen LogP contribution in [0.25, 0.3) is 0 Å². The predicted octanol–water partition coefficient (Wildman–Crippen LogP) is 2.08. The zero-order valence-corrected chi connectivity index (χ0v) is 10.4. The first-order valence-electron chi connectivity index (χ1n) is 5.77. The van der Waals surface area contributed by atoms with E-state index in [0.29, 0.717) is 0 Å².